The zero-order valence-corrected chi connectivity index (χ0v) is 11.0. The SMILES string of the molecule is O=S(=O)(NCCN1CCNCC1)c1cc[c]cc1. The number of sulfonamides is 1. The lowest BCUT2D eigenvalue weighted by atomic mass is 10.3. The van der Waals surface area contributed by atoms with Gasteiger partial charge < -0.3 is 5.32 Å². The first-order valence-corrected chi connectivity index (χ1v) is 7.56. The predicted octanol–water partition coefficient (Wildman–Crippen LogP) is -0.330. The highest BCUT2D eigenvalue weighted by molar-refractivity contribution is 7.89. The second-order valence-corrected chi connectivity index (χ2v) is 5.99. The Hall–Kier alpha value is -0.950. The van der Waals surface area contributed by atoms with E-state index in [1.807, 2.05) is 0 Å². The van der Waals surface area contributed by atoms with Gasteiger partial charge in [-0.05, 0) is 18.2 Å². The summed E-state index contributed by atoms with van der Waals surface area (Å²) in [5.74, 6) is 0. The third kappa shape index (κ3) is 3.78. The molecule has 1 aromatic carbocycles. The van der Waals surface area contributed by atoms with Gasteiger partial charge in [-0.15, -0.1) is 0 Å². The molecule has 1 aliphatic rings. The first-order valence-electron chi connectivity index (χ1n) is 6.07. The van der Waals surface area contributed by atoms with E-state index in [0.29, 0.717) is 11.4 Å². The normalized spacial score (nSPS) is 17.8. The van der Waals surface area contributed by atoms with E-state index in [0.717, 1.165) is 32.7 Å². The minimum absolute atomic E-state index is 0.293. The molecule has 0 atom stereocenters. The van der Waals surface area contributed by atoms with E-state index < -0.39 is 10.0 Å². The summed E-state index contributed by atoms with van der Waals surface area (Å²) in [4.78, 5) is 2.54. The summed E-state index contributed by atoms with van der Waals surface area (Å²) >= 11 is 0. The van der Waals surface area contributed by atoms with Crippen LogP contribution in [-0.4, -0.2) is 52.6 Å². The molecule has 0 bridgehead atoms. The van der Waals surface area contributed by atoms with Gasteiger partial charge in [-0.2, -0.15) is 0 Å². The molecule has 0 spiro atoms. The second-order valence-electron chi connectivity index (χ2n) is 4.23. The predicted molar refractivity (Wildman–Crippen MR) is 69.8 cm³/mol. The molecule has 1 aromatic rings. The number of hydrogen-bond donors (Lipinski definition) is 2. The topological polar surface area (TPSA) is 61.4 Å². The van der Waals surface area contributed by atoms with Gasteiger partial charge in [0.15, 0.2) is 0 Å². The highest BCUT2D eigenvalue weighted by Crippen LogP contribution is 2.06. The zero-order chi connectivity index (χ0) is 12.8. The molecule has 18 heavy (non-hydrogen) atoms. The average molecular weight is 268 g/mol. The smallest absolute Gasteiger partial charge is 0.240 e. The van der Waals surface area contributed by atoms with Crippen LogP contribution in [-0.2, 0) is 10.0 Å². The molecular weight excluding hydrogens is 250 g/mol. The van der Waals surface area contributed by atoms with Gasteiger partial charge in [0.05, 0.1) is 4.90 Å². The summed E-state index contributed by atoms with van der Waals surface area (Å²) in [6.07, 6.45) is 0. The van der Waals surface area contributed by atoms with E-state index in [1.165, 1.54) is 0 Å². The van der Waals surface area contributed by atoms with Crippen LogP contribution < -0.4 is 10.0 Å². The fourth-order valence-electron chi connectivity index (χ4n) is 1.91. The van der Waals surface area contributed by atoms with Crippen LogP contribution >= 0.6 is 0 Å². The third-order valence-electron chi connectivity index (χ3n) is 2.93. The van der Waals surface area contributed by atoms with Crippen LogP contribution in [0.15, 0.2) is 29.2 Å². The quantitative estimate of drug-likeness (QED) is 0.768. The molecule has 5 nitrogen and oxygen atoms in total. The number of hydrogen-bond acceptors (Lipinski definition) is 4. The number of nitrogens with one attached hydrogen (secondary N) is 2. The van der Waals surface area contributed by atoms with Crippen LogP contribution in [0.5, 0.6) is 0 Å². The first kappa shape index (κ1) is 13.5. The van der Waals surface area contributed by atoms with E-state index in [9.17, 15) is 8.42 Å². The van der Waals surface area contributed by atoms with Crippen LogP contribution in [0.1, 0.15) is 0 Å². The van der Waals surface area contributed by atoms with Crippen molar-refractivity contribution < 1.29 is 8.42 Å². The summed E-state index contributed by atoms with van der Waals surface area (Å²) in [7, 11) is -3.37. The van der Waals surface area contributed by atoms with Gasteiger partial charge in [0.1, 0.15) is 0 Å². The molecule has 0 aliphatic carbocycles. The molecule has 0 amide bonds. The summed E-state index contributed by atoms with van der Waals surface area (Å²) < 4.78 is 26.5. The first-order chi connectivity index (χ1) is 8.68. The van der Waals surface area contributed by atoms with Crippen LogP contribution in [0.2, 0.25) is 0 Å². The molecule has 6 heteroatoms. The van der Waals surface area contributed by atoms with Crippen molar-refractivity contribution in [1.29, 1.82) is 0 Å². The van der Waals surface area contributed by atoms with E-state index >= 15 is 0 Å². The van der Waals surface area contributed by atoms with Crippen LogP contribution in [0.4, 0.5) is 0 Å². The Morgan fingerprint density at radius 3 is 2.61 bits per heavy atom. The maximum atomic E-state index is 11.9. The maximum Gasteiger partial charge on any atom is 0.240 e. The van der Waals surface area contributed by atoms with Crippen LogP contribution in [0, 0.1) is 6.07 Å². The highest BCUT2D eigenvalue weighted by Gasteiger charge is 2.14. The zero-order valence-electron chi connectivity index (χ0n) is 10.2. The molecule has 1 saturated heterocycles. The molecule has 2 N–H and O–H groups in total. The van der Waals surface area contributed by atoms with Gasteiger partial charge in [0, 0.05) is 39.3 Å². The van der Waals surface area contributed by atoms with Crippen molar-refractivity contribution in [2.45, 2.75) is 4.90 Å². The Morgan fingerprint density at radius 2 is 1.94 bits per heavy atom. The van der Waals surface area contributed by atoms with Gasteiger partial charge in [-0.25, -0.2) is 13.1 Å². The number of benzene rings is 1. The van der Waals surface area contributed by atoms with Crippen molar-refractivity contribution in [2.24, 2.45) is 0 Å². The molecule has 0 saturated carbocycles. The highest BCUT2D eigenvalue weighted by atomic mass is 32.2. The molecule has 1 heterocycles. The summed E-state index contributed by atoms with van der Waals surface area (Å²) in [6, 6.07) is 9.11. The molecule has 1 fully saturated rings. The van der Waals surface area contributed by atoms with Crippen LogP contribution in [0.25, 0.3) is 0 Å². The summed E-state index contributed by atoms with van der Waals surface area (Å²) in [5, 5.41) is 3.26. The lowest BCUT2D eigenvalue weighted by Gasteiger charge is -2.27. The molecule has 1 aliphatic heterocycles. The Bertz CT molecular complexity index is 455. The van der Waals surface area contributed by atoms with Crippen molar-refractivity contribution >= 4 is 10.0 Å². The number of nitrogens with zero attached hydrogens (tertiary/aromatic N) is 1. The molecular formula is C12H18N3O2S. The van der Waals surface area contributed by atoms with Crippen LogP contribution in [0.3, 0.4) is 0 Å². The lowest BCUT2D eigenvalue weighted by Crippen LogP contribution is -2.46. The number of rotatable bonds is 5. The minimum atomic E-state index is -3.37. The van der Waals surface area contributed by atoms with Gasteiger partial charge in [-0.3, -0.25) is 4.90 Å². The van der Waals surface area contributed by atoms with E-state index in [2.05, 4.69) is 21.0 Å². The molecule has 1 radical (unpaired) electrons. The standard InChI is InChI=1S/C12H18N3O2S/c16-18(17,12-4-2-1-3-5-12)14-8-11-15-9-6-13-7-10-15/h2-5,13-14H,6-11H2. The van der Waals surface area contributed by atoms with E-state index in [4.69, 9.17) is 0 Å². The average Bonchev–Trinajstić information content (AvgIpc) is 2.41. The van der Waals surface area contributed by atoms with E-state index in [1.54, 1.807) is 24.3 Å². The molecule has 2 rings (SSSR count). The van der Waals surface area contributed by atoms with E-state index in [-0.39, 0.29) is 0 Å². The maximum absolute atomic E-state index is 11.9. The monoisotopic (exact) mass is 268 g/mol. The largest absolute Gasteiger partial charge is 0.314 e. The Balaban J connectivity index is 1.82. The Morgan fingerprint density at radius 1 is 1.28 bits per heavy atom. The lowest BCUT2D eigenvalue weighted by molar-refractivity contribution is 0.245. The fourth-order valence-corrected chi connectivity index (χ4v) is 2.93. The summed E-state index contributed by atoms with van der Waals surface area (Å²) in [5.41, 5.74) is 0. The fraction of sp³-hybridized carbons (Fsp3) is 0.500. The van der Waals surface area contributed by atoms with Crippen molar-refractivity contribution in [3.8, 4) is 0 Å². The van der Waals surface area contributed by atoms with Gasteiger partial charge in [0.2, 0.25) is 10.0 Å². The van der Waals surface area contributed by atoms with Crippen molar-refractivity contribution in [2.75, 3.05) is 39.3 Å². The van der Waals surface area contributed by atoms with Gasteiger partial charge >= 0.3 is 0 Å². The molecule has 0 unspecified atom stereocenters. The molecule has 99 valence electrons. The van der Waals surface area contributed by atoms with Gasteiger partial charge in [-0.1, -0.05) is 12.1 Å². The van der Waals surface area contributed by atoms with Crippen molar-refractivity contribution in [3.05, 3.63) is 30.3 Å². The third-order valence-corrected chi connectivity index (χ3v) is 4.40. The Kier molecular flexibility index (Phi) is 4.71. The number of piperazine rings is 1. The summed E-state index contributed by atoms with van der Waals surface area (Å²) in [6.45, 7) is 5.09. The van der Waals surface area contributed by atoms with Crippen molar-refractivity contribution in [1.82, 2.24) is 14.9 Å². The van der Waals surface area contributed by atoms with Gasteiger partial charge in [0.25, 0.3) is 0 Å². The second kappa shape index (κ2) is 6.29. The minimum Gasteiger partial charge on any atom is -0.314 e. The van der Waals surface area contributed by atoms with Crippen molar-refractivity contribution in [3.63, 3.8) is 0 Å². The Labute approximate surface area is 108 Å². The molecule has 0 aromatic heterocycles.